The Morgan fingerprint density at radius 2 is 1.30 bits per heavy atom. The SMILES string of the molecule is COc1c(O)c(OC)c(C(=O)c2ccccc2)c(OC)c1OC. The van der Waals surface area contributed by atoms with E-state index in [1.165, 1.54) is 28.4 Å². The Kier molecular flexibility index (Phi) is 4.95. The van der Waals surface area contributed by atoms with Crippen LogP contribution in [0, 0.1) is 0 Å². The summed E-state index contributed by atoms with van der Waals surface area (Å²) in [6.07, 6.45) is 0. The molecule has 0 fully saturated rings. The maximum Gasteiger partial charge on any atom is 0.211 e. The summed E-state index contributed by atoms with van der Waals surface area (Å²) in [4.78, 5) is 12.9. The van der Waals surface area contributed by atoms with Gasteiger partial charge in [0.2, 0.25) is 23.0 Å². The van der Waals surface area contributed by atoms with Crippen molar-refractivity contribution in [3.63, 3.8) is 0 Å². The molecule has 0 saturated carbocycles. The van der Waals surface area contributed by atoms with E-state index in [4.69, 9.17) is 18.9 Å². The van der Waals surface area contributed by atoms with Gasteiger partial charge in [-0.15, -0.1) is 0 Å². The fraction of sp³-hybridized carbons (Fsp3) is 0.235. The summed E-state index contributed by atoms with van der Waals surface area (Å²) >= 11 is 0. The average molecular weight is 318 g/mol. The quantitative estimate of drug-likeness (QED) is 0.825. The zero-order chi connectivity index (χ0) is 17.0. The van der Waals surface area contributed by atoms with Gasteiger partial charge >= 0.3 is 0 Å². The molecule has 6 nitrogen and oxygen atoms in total. The number of benzene rings is 2. The van der Waals surface area contributed by atoms with Crippen molar-refractivity contribution in [2.24, 2.45) is 0 Å². The lowest BCUT2D eigenvalue weighted by molar-refractivity contribution is 0.103. The topological polar surface area (TPSA) is 74.2 Å². The summed E-state index contributed by atoms with van der Waals surface area (Å²) in [5, 5.41) is 10.4. The molecule has 23 heavy (non-hydrogen) atoms. The van der Waals surface area contributed by atoms with Gasteiger partial charge in [-0.25, -0.2) is 0 Å². The molecule has 1 N–H and O–H groups in total. The summed E-state index contributed by atoms with van der Waals surface area (Å²) in [7, 11) is 5.51. The standard InChI is InChI=1S/C17H18O6/c1-20-14-11(12(18)10-8-6-5-7-9-10)15(21-2)17(23-4)16(22-3)13(14)19/h5-9,19H,1-4H3. The highest BCUT2D eigenvalue weighted by atomic mass is 16.5. The third kappa shape index (κ3) is 2.75. The van der Waals surface area contributed by atoms with Crippen LogP contribution in [0.15, 0.2) is 30.3 Å². The molecule has 0 aliphatic rings. The molecular weight excluding hydrogens is 300 g/mol. The molecule has 0 radical (unpaired) electrons. The van der Waals surface area contributed by atoms with Gasteiger partial charge in [0, 0.05) is 5.56 Å². The number of phenolic OH excluding ortho intramolecular Hbond substituents is 1. The molecule has 0 amide bonds. The molecule has 0 saturated heterocycles. The van der Waals surface area contributed by atoms with Gasteiger partial charge in [-0.1, -0.05) is 30.3 Å². The van der Waals surface area contributed by atoms with Gasteiger partial charge in [0.1, 0.15) is 5.56 Å². The highest BCUT2D eigenvalue weighted by Crippen LogP contribution is 2.53. The highest BCUT2D eigenvalue weighted by Gasteiger charge is 2.31. The second-order valence-electron chi connectivity index (χ2n) is 4.55. The van der Waals surface area contributed by atoms with E-state index in [0.29, 0.717) is 5.56 Å². The Balaban J connectivity index is 2.80. The van der Waals surface area contributed by atoms with Crippen molar-refractivity contribution in [1.82, 2.24) is 0 Å². The predicted octanol–water partition coefficient (Wildman–Crippen LogP) is 2.66. The lowest BCUT2D eigenvalue weighted by Gasteiger charge is -2.19. The van der Waals surface area contributed by atoms with Crippen molar-refractivity contribution in [2.75, 3.05) is 28.4 Å². The van der Waals surface area contributed by atoms with Crippen molar-refractivity contribution in [1.29, 1.82) is 0 Å². The fourth-order valence-electron chi connectivity index (χ4n) is 2.36. The van der Waals surface area contributed by atoms with Crippen molar-refractivity contribution in [3.8, 4) is 28.7 Å². The zero-order valence-corrected chi connectivity index (χ0v) is 13.4. The predicted molar refractivity (Wildman–Crippen MR) is 84.2 cm³/mol. The monoisotopic (exact) mass is 318 g/mol. The third-order valence-electron chi connectivity index (χ3n) is 3.38. The lowest BCUT2D eigenvalue weighted by atomic mass is 9.99. The summed E-state index contributed by atoms with van der Waals surface area (Å²) < 4.78 is 20.9. The van der Waals surface area contributed by atoms with Gasteiger partial charge in [-0.3, -0.25) is 4.79 Å². The zero-order valence-electron chi connectivity index (χ0n) is 13.4. The number of hydrogen-bond donors (Lipinski definition) is 1. The van der Waals surface area contributed by atoms with E-state index in [-0.39, 0.29) is 40.1 Å². The second-order valence-corrected chi connectivity index (χ2v) is 4.55. The smallest absolute Gasteiger partial charge is 0.211 e. The molecule has 2 aromatic carbocycles. The van der Waals surface area contributed by atoms with Crippen LogP contribution in [0.2, 0.25) is 0 Å². The molecule has 0 aliphatic carbocycles. The number of rotatable bonds is 6. The lowest BCUT2D eigenvalue weighted by Crippen LogP contribution is -2.09. The van der Waals surface area contributed by atoms with Gasteiger partial charge < -0.3 is 24.1 Å². The first-order valence-corrected chi connectivity index (χ1v) is 6.79. The molecule has 0 spiro atoms. The highest BCUT2D eigenvalue weighted by molar-refractivity contribution is 6.14. The summed E-state index contributed by atoms with van der Waals surface area (Å²) in [6.45, 7) is 0. The van der Waals surface area contributed by atoms with Crippen molar-refractivity contribution >= 4 is 5.78 Å². The van der Waals surface area contributed by atoms with Gasteiger partial charge in [-0.2, -0.15) is 0 Å². The molecule has 122 valence electrons. The van der Waals surface area contributed by atoms with Crippen LogP contribution in [0.4, 0.5) is 0 Å². The number of carbonyl (C=O) groups is 1. The van der Waals surface area contributed by atoms with Crippen LogP contribution in [0.1, 0.15) is 15.9 Å². The van der Waals surface area contributed by atoms with Gasteiger partial charge in [0.25, 0.3) is 0 Å². The third-order valence-corrected chi connectivity index (χ3v) is 3.38. The number of aromatic hydroxyl groups is 1. The number of phenols is 1. The van der Waals surface area contributed by atoms with Crippen LogP contribution in [0.3, 0.4) is 0 Å². The van der Waals surface area contributed by atoms with Crippen molar-refractivity contribution < 1.29 is 28.8 Å². The average Bonchev–Trinajstić information content (AvgIpc) is 2.60. The number of hydrogen-bond acceptors (Lipinski definition) is 6. The Labute approximate surface area is 134 Å². The van der Waals surface area contributed by atoms with E-state index < -0.39 is 0 Å². The number of methoxy groups -OCH3 is 4. The summed E-state index contributed by atoms with van der Waals surface area (Å²) in [5.74, 6) is -0.443. The number of ether oxygens (including phenoxy) is 4. The van der Waals surface area contributed by atoms with E-state index in [1.54, 1.807) is 30.3 Å². The number of carbonyl (C=O) groups excluding carboxylic acids is 1. The van der Waals surface area contributed by atoms with Crippen LogP contribution in [-0.2, 0) is 0 Å². The second kappa shape index (κ2) is 6.91. The van der Waals surface area contributed by atoms with Crippen LogP contribution in [-0.4, -0.2) is 39.3 Å². The Bertz CT molecular complexity index is 709. The maximum atomic E-state index is 12.9. The molecule has 0 bridgehead atoms. The first-order chi connectivity index (χ1) is 11.1. The minimum Gasteiger partial charge on any atom is -0.502 e. The summed E-state index contributed by atoms with van der Waals surface area (Å²) in [6, 6.07) is 8.61. The van der Waals surface area contributed by atoms with Gasteiger partial charge in [0.15, 0.2) is 11.5 Å². The van der Waals surface area contributed by atoms with Crippen LogP contribution in [0.25, 0.3) is 0 Å². The molecule has 2 rings (SSSR count). The minimum atomic E-state index is -0.365. The molecule has 6 heteroatoms. The van der Waals surface area contributed by atoms with Crippen LogP contribution in [0.5, 0.6) is 28.7 Å². The van der Waals surface area contributed by atoms with Crippen molar-refractivity contribution in [2.45, 2.75) is 0 Å². The molecular formula is C17H18O6. The minimum absolute atomic E-state index is 0.0332. The molecule has 0 heterocycles. The Morgan fingerprint density at radius 3 is 1.78 bits per heavy atom. The van der Waals surface area contributed by atoms with E-state index in [1.807, 2.05) is 0 Å². The Morgan fingerprint density at radius 1 is 0.783 bits per heavy atom. The van der Waals surface area contributed by atoms with Crippen LogP contribution < -0.4 is 18.9 Å². The molecule has 0 atom stereocenters. The number of ketones is 1. The van der Waals surface area contributed by atoms with Gasteiger partial charge in [0.05, 0.1) is 28.4 Å². The van der Waals surface area contributed by atoms with Crippen molar-refractivity contribution in [3.05, 3.63) is 41.5 Å². The molecule has 0 aromatic heterocycles. The Hall–Kier alpha value is -2.89. The normalized spacial score (nSPS) is 10.1. The first kappa shape index (κ1) is 16.5. The molecule has 0 unspecified atom stereocenters. The van der Waals surface area contributed by atoms with E-state index in [0.717, 1.165) is 0 Å². The van der Waals surface area contributed by atoms with Crippen LogP contribution >= 0.6 is 0 Å². The first-order valence-electron chi connectivity index (χ1n) is 6.79. The van der Waals surface area contributed by atoms with Gasteiger partial charge in [-0.05, 0) is 0 Å². The molecule has 2 aromatic rings. The molecule has 0 aliphatic heterocycles. The van der Waals surface area contributed by atoms with E-state index >= 15 is 0 Å². The summed E-state index contributed by atoms with van der Waals surface area (Å²) in [5.41, 5.74) is 0.493. The van der Waals surface area contributed by atoms with E-state index in [2.05, 4.69) is 0 Å². The largest absolute Gasteiger partial charge is 0.502 e. The van der Waals surface area contributed by atoms with E-state index in [9.17, 15) is 9.90 Å². The fourth-order valence-corrected chi connectivity index (χ4v) is 2.36. The maximum absolute atomic E-state index is 12.9.